The van der Waals surface area contributed by atoms with Gasteiger partial charge in [-0.05, 0) is 30.5 Å². The lowest BCUT2D eigenvalue weighted by Crippen LogP contribution is -2.22. The van der Waals surface area contributed by atoms with Gasteiger partial charge in [-0.3, -0.25) is 4.79 Å². The molecule has 0 atom stereocenters. The van der Waals surface area contributed by atoms with Crippen LogP contribution in [0.1, 0.15) is 48.4 Å². The van der Waals surface area contributed by atoms with Crippen LogP contribution in [0.25, 0.3) is 11.0 Å². The Morgan fingerprint density at radius 2 is 1.79 bits per heavy atom. The van der Waals surface area contributed by atoms with E-state index in [1.54, 1.807) is 6.07 Å². The van der Waals surface area contributed by atoms with Crippen LogP contribution >= 0.6 is 0 Å². The topological polar surface area (TPSA) is 77.8 Å². The highest BCUT2D eigenvalue weighted by Gasteiger charge is 2.22. The van der Waals surface area contributed by atoms with Crippen molar-refractivity contribution in [2.24, 2.45) is 0 Å². The van der Waals surface area contributed by atoms with Crippen LogP contribution in [0, 0.1) is 0 Å². The predicted molar refractivity (Wildman–Crippen MR) is 111 cm³/mol. The summed E-state index contributed by atoms with van der Waals surface area (Å²) in [7, 11) is 0. The van der Waals surface area contributed by atoms with Gasteiger partial charge in [-0.15, -0.1) is 0 Å². The van der Waals surface area contributed by atoms with Crippen LogP contribution in [0.4, 0.5) is 5.69 Å². The average molecular weight is 395 g/mol. The molecule has 1 N–H and O–H groups in total. The number of carbonyl (C=O) groups is 2. The van der Waals surface area contributed by atoms with Gasteiger partial charge in [-0.2, -0.15) is 0 Å². The van der Waals surface area contributed by atoms with Gasteiger partial charge in [0.1, 0.15) is 5.58 Å². The maximum absolute atomic E-state index is 12.6. The number of para-hydroxylation sites is 2. The molecule has 0 radical (unpaired) electrons. The molecule has 3 rings (SSSR count). The summed E-state index contributed by atoms with van der Waals surface area (Å²) in [6, 6.07) is 14.9. The van der Waals surface area contributed by atoms with Gasteiger partial charge >= 0.3 is 5.97 Å². The molecule has 0 aliphatic rings. The fourth-order valence-electron chi connectivity index (χ4n) is 3.11. The second kappa shape index (κ2) is 9.39. The number of amides is 1. The highest BCUT2D eigenvalue weighted by Crippen LogP contribution is 2.27. The van der Waals surface area contributed by atoms with Gasteiger partial charge in [0.25, 0.3) is 5.91 Å². The van der Waals surface area contributed by atoms with Crippen LogP contribution in [0.2, 0.25) is 0 Å². The van der Waals surface area contributed by atoms with Crippen molar-refractivity contribution in [3.05, 3.63) is 65.4 Å². The molecule has 152 valence electrons. The molecule has 6 nitrogen and oxygen atoms in total. The number of fused-ring (bicyclic) bond motifs is 1. The Labute approximate surface area is 169 Å². The van der Waals surface area contributed by atoms with E-state index in [0.29, 0.717) is 23.4 Å². The van der Waals surface area contributed by atoms with E-state index in [1.807, 2.05) is 63.2 Å². The quantitative estimate of drug-likeness (QED) is 0.550. The van der Waals surface area contributed by atoms with E-state index < -0.39 is 18.5 Å². The summed E-state index contributed by atoms with van der Waals surface area (Å²) in [6.07, 6.45) is 0. The Hall–Kier alpha value is -3.12. The van der Waals surface area contributed by atoms with Gasteiger partial charge in [0.2, 0.25) is 5.76 Å². The summed E-state index contributed by atoms with van der Waals surface area (Å²) < 4.78 is 16.4. The van der Waals surface area contributed by atoms with E-state index in [1.165, 1.54) is 0 Å². The van der Waals surface area contributed by atoms with Crippen LogP contribution in [0.5, 0.6) is 0 Å². The molecular formula is C23H25NO5. The van der Waals surface area contributed by atoms with E-state index in [2.05, 4.69) is 5.32 Å². The van der Waals surface area contributed by atoms with Crippen molar-refractivity contribution in [2.75, 3.05) is 18.5 Å². The van der Waals surface area contributed by atoms with Gasteiger partial charge in [-0.1, -0.05) is 50.2 Å². The Morgan fingerprint density at radius 1 is 1.07 bits per heavy atom. The van der Waals surface area contributed by atoms with Crippen LogP contribution < -0.4 is 5.32 Å². The molecule has 1 amide bonds. The third-order valence-electron chi connectivity index (χ3n) is 4.53. The fourth-order valence-corrected chi connectivity index (χ4v) is 3.11. The molecule has 1 heterocycles. The van der Waals surface area contributed by atoms with E-state index in [4.69, 9.17) is 13.9 Å². The molecule has 0 bridgehead atoms. The Bertz CT molecular complexity index is 1010. The fraction of sp³-hybridized carbons (Fsp3) is 0.304. The Morgan fingerprint density at radius 3 is 2.55 bits per heavy atom. The first-order chi connectivity index (χ1) is 14.0. The molecular weight excluding hydrogens is 370 g/mol. The monoisotopic (exact) mass is 395 g/mol. The molecule has 0 unspecified atom stereocenters. The molecule has 3 aromatic rings. The zero-order valence-corrected chi connectivity index (χ0v) is 16.9. The third-order valence-corrected chi connectivity index (χ3v) is 4.53. The third kappa shape index (κ3) is 4.84. The number of hydrogen-bond donors (Lipinski definition) is 1. The zero-order chi connectivity index (χ0) is 20.8. The van der Waals surface area contributed by atoms with Gasteiger partial charge in [0.05, 0.1) is 6.61 Å². The molecule has 0 fully saturated rings. The average Bonchev–Trinajstić information content (AvgIpc) is 3.09. The van der Waals surface area contributed by atoms with Crippen molar-refractivity contribution in [1.82, 2.24) is 0 Å². The Balaban J connectivity index is 1.70. The number of furan rings is 1. The number of rotatable bonds is 8. The van der Waals surface area contributed by atoms with Crippen molar-refractivity contribution in [3.8, 4) is 0 Å². The van der Waals surface area contributed by atoms with Crippen molar-refractivity contribution >= 4 is 28.5 Å². The molecule has 2 aromatic carbocycles. The summed E-state index contributed by atoms with van der Waals surface area (Å²) in [6.45, 7) is 6.30. The summed E-state index contributed by atoms with van der Waals surface area (Å²) in [5.74, 6) is -0.780. The van der Waals surface area contributed by atoms with Crippen LogP contribution in [-0.2, 0) is 20.9 Å². The van der Waals surface area contributed by atoms with Crippen molar-refractivity contribution in [3.63, 3.8) is 0 Å². The summed E-state index contributed by atoms with van der Waals surface area (Å²) in [5, 5.41) is 3.60. The minimum Gasteiger partial charge on any atom is -0.450 e. The normalized spacial score (nSPS) is 11.0. The van der Waals surface area contributed by atoms with E-state index in [-0.39, 0.29) is 18.3 Å². The van der Waals surface area contributed by atoms with Crippen LogP contribution in [-0.4, -0.2) is 25.1 Å². The van der Waals surface area contributed by atoms with E-state index >= 15 is 0 Å². The summed E-state index contributed by atoms with van der Waals surface area (Å²) in [5.41, 5.74) is 2.93. The minimum atomic E-state index is -0.691. The van der Waals surface area contributed by atoms with Gasteiger partial charge in [0, 0.05) is 23.2 Å². The maximum atomic E-state index is 12.6. The molecule has 6 heteroatoms. The first kappa shape index (κ1) is 20.6. The smallest absolute Gasteiger partial charge is 0.375 e. The van der Waals surface area contributed by atoms with Crippen molar-refractivity contribution < 1.29 is 23.5 Å². The predicted octanol–water partition coefficient (Wildman–Crippen LogP) is 4.89. The zero-order valence-electron chi connectivity index (χ0n) is 16.9. The number of hydrogen-bond acceptors (Lipinski definition) is 5. The minimum absolute atomic E-state index is 0.0648. The second-order valence-electron chi connectivity index (χ2n) is 6.91. The lowest BCUT2D eigenvalue weighted by molar-refractivity contribution is -0.119. The van der Waals surface area contributed by atoms with Crippen molar-refractivity contribution in [2.45, 2.75) is 33.3 Å². The molecule has 1 aromatic heterocycles. The number of nitrogens with one attached hydrogen (secondary N) is 1. The summed E-state index contributed by atoms with van der Waals surface area (Å²) >= 11 is 0. The van der Waals surface area contributed by atoms with Gasteiger partial charge in [-0.25, -0.2) is 4.79 Å². The van der Waals surface area contributed by atoms with E-state index in [9.17, 15) is 9.59 Å². The van der Waals surface area contributed by atoms with Gasteiger partial charge < -0.3 is 19.2 Å². The summed E-state index contributed by atoms with van der Waals surface area (Å²) in [4.78, 5) is 24.9. The second-order valence-corrected chi connectivity index (χ2v) is 6.91. The van der Waals surface area contributed by atoms with Crippen LogP contribution in [0.15, 0.2) is 52.9 Å². The highest BCUT2D eigenvalue weighted by atomic mass is 16.5. The highest BCUT2D eigenvalue weighted by molar-refractivity contribution is 5.98. The van der Waals surface area contributed by atoms with Gasteiger partial charge in [0.15, 0.2) is 6.61 Å². The standard InChI is InChI=1S/C23H25NO5/c1-4-27-13-18-17-10-6-8-12-20(17)29-22(18)23(26)28-14-21(25)24-19-11-7-5-9-16(19)15(2)3/h5-12,15H,4,13-14H2,1-3H3,(H,24,25). The number of ether oxygens (including phenoxy) is 2. The number of benzene rings is 2. The molecule has 0 aliphatic heterocycles. The number of esters is 1. The largest absolute Gasteiger partial charge is 0.450 e. The lowest BCUT2D eigenvalue weighted by Gasteiger charge is -2.13. The van der Waals surface area contributed by atoms with E-state index in [0.717, 1.165) is 10.9 Å². The maximum Gasteiger partial charge on any atom is 0.375 e. The van der Waals surface area contributed by atoms with Crippen LogP contribution in [0.3, 0.4) is 0 Å². The van der Waals surface area contributed by atoms with Crippen molar-refractivity contribution in [1.29, 1.82) is 0 Å². The number of carbonyl (C=O) groups excluding carboxylic acids is 2. The molecule has 29 heavy (non-hydrogen) atoms. The Kier molecular flexibility index (Phi) is 6.67. The number of anilines is 1. The first-order valence-electron chi connectivity index (χ1n) is 9.65. The molecule has 0 saturated carbocycles. The SMILES string of the molecule is CCOCc1c(C(=O)OCC(=O)Nc2ccccc2C(C)C)oc2ccccc12. The molecule has 0 saturated heterocycles. The molecule has 0 spiro atoms. The molecule has 0 aliphatic carbocycles. The lowest BCUT2D eigenvalue weighted by atomic mass is 10.0. The first-order valence-corrected chi connectivity index (χ1v) is 9.65.